The average Bonchev–Trinajstić information content (AvgIpc) is 2.43. The topological polar surface area (TPSA) is 55.6 Å². The van der Waals surface area contributed by atoms with Gasteiger partial charge in [0.05, 0.1) is 7.11 Å². The van der Waals surface area contributed by atoms with Crippen LogP contribution in [-0.2, 0) is 11.2 Å². The Hall–Kier alpha value is -1.55. The van der Waals surface area contributed by atoms with Crippen LogP contribution >= 0.6 is 0 Å². The van der Waals surface area contributed by atoms with E-state index in [0.717, 1.165) is 23.3 Å². The highest BCUT2D eigenvalue weighted by Crippen LogP contribution is 2.26. The molecule has 1 unspecified atom stereocenters. The molecule has 106 valence electrons. The lowest BCUT2D eigenvalue weighted by atomic mass is 9.93. The lowest BCUT2D eigenvalue weighted by Crippen LogP contribution is -2.26. The van der Waals surface area contributed by atoms with Crippen molar-refractivity contribution < 1.29 is 9.53 Å². The van der Waals surface area contributed by atoms with Gasteiger partial charge in [0.15, 0.2) is 0 Å². The SMILES string of the molecule is CCc1cc(C(CN)CC(=O)N(C)C)ccc1OC. The predicted molar refractivity (Wildman–Crippen MR) is 77.5 cm³/mol. The fraction of sp³-hybridized carbons (Fsp3) is 0.533. The molecule has 0 aliphatic carbocycles. The summed E-state index contributed by atoms with van der Waals surface area (Å²) in [6.07, 6.45) is 1.34. The molecule has 0 radical (unpaired) electrons. The molecule has 2 N–H and O–H groups in total. The first-order chi connectivity index (χ1) is 9.03. The zero-order valence-electron chi connectivity index (χ0n) is 12.3. The van der Waals surface area contributed by atoms with Crippen molar-refractivity contribution in [2.75, 3.05) is 27.7 Å². The molecule has 19 heavy (non-hydrogen) atoms. The fourth-order valence-electron chi connectivity index (χ4n) is 2.06. The number of hydrogen-bond donors (Lipinski definition) is 1. The fourth-order valence-corrected chi connectivity index (χ4v) is 2.06. The van der Waals surface area contributed by atoms with Crippen molar-refractivity contribution in [3.63, 3.8) is 0 Å². The van der Waals surface area contributed by atoms with E-state index in [2.05, 4.69) is 13.0 Å². The zero-order valence-corrected chi connectivity index (χ0v) is 12.3. The molecule has 1 aromatic rings. The quantitative estimate of drug-likeness (QED) is 0.852. The highest BCUT2D eigenvalue weighted by atomic mass is 16.5. The van der Waals surface area contributed by atoms with Gasteiger partial charge < -0.3 is 15.4 Å². The van der Waals surface area contributed by atoms with Crippen LogP contribution in [0.15, 0.2) is 18.2 Å². The third kappa shape index (κ3) is 3.96. The van der Waals surface area contributed by atoms with E-state index in [1.165, 1.54) is 0 Å². The number of carbonyl (C=O) groups excluding carboxylic acids is 1. The maximum absolute atomic E-state index is 11.8. The van der Waals surface area contributed by atoms with E-state index in [4.69, 9.17) is 10.5 Å². The first kappa shape index (κ1) is 15.5. The van der Waals surface area contributed by atoms with Crippen LogP contribution < -0.4 is 10.5 Å². The molecule has 0 saturated heterocycles. The second kappa shape index (κ2) is 7.14. The van der Waals surface area contributed by atoms with Gasteiger partial charge in [-0.05, 0) is 30.2 Å². The summed E-state index contributed by atoms with van der Waals surface area (Å²) in [5.41, 5.74) is 8.07. The number of nitrogens with zero attached hydrogens (tertiary/aromatic N) is 1. The Bertz CT molecular complexity index is 430. The van der Waals surface area contributed by atoms with Gasteiger partial charge in [-0.15, -0.1) is 0 Å². The van der Waals surface area contributed by atoms with Gasteiger partial charge in [-0.1, -0.05) is 19.1 Å². The summed E-state index contributed by atoms with van der Waals surface area (Å²) in [4.78, 5) is 13.4. The van der Waals surface area contributed by atoms with Crippen molar-refractivity contribution in [3.8, 4) is 5.75 Å². The number of benzene rings is 1. The Labute approximate surface area is 115 Å². The zero-order chi connectivity index (χ0) is 14.4. The first-order valence-corrected chi connectivity index (χ1v) is 6.60. The van der Waals surface area contributed by atoms with Crippen molar-refractivity contribution in [1.82, 2.24) is 4.90 Å². The Kier molecular flexibility index (Phi) is 5.83. The van der Waals surface area contributed by atoms with E-state index >= 15 is 0 Å². The van der Waals surface area contributed by atoms with Gasteiger partial charge in [0.25, 0.3) is 0 Å². The monoisotopic (exact) mass is 264 g/mol. The van der Waals surface area contributed by atoms with Crippen LogP contribution in [0.5, 0.6) is 5.75 Å². The van der Waals surface area contributed by atoms with Crippen molar-refractivity contribution in [3.05, 3.63) is 29.3 Å². The molecule has 4 heteroatoms. The summed E-state index contributed by atoms with van der Waals surface area (Å²) in [6, 6.07) is 6.05. The Morgan fingerprint density at radius 3 is 2.58 bits per heavy atom. The molecule has 0 saturated carbocycles. The van der Waals surface area contributed by atoms with Crippen molar-refractivity contribution in [2.45, 2.75) is 25.7 Å². The first-order valence-electron chi connectivity index (χ1n) is 6.60. The van der Waals surface area contributed by atoms with Gasteiger partial charge in [-0.25, -0.2) is 0 Å². The van der Waals surface area contributed by atoms with Crippen LogP contribution in [-0.4, -0.2) is 38.6 Å². The lowest BCUT2D eigenvalue weighted by molar-refractivity contribution is -0.129. The highest BCUT2D eigenvalue weighted by Gasteiger charge is 2.17. The predicted octanol–water partition coefficient (Wildman–Crippen LogP) is 1.78. The van der Waals surface area contributed by atoms with Gasteiger partial charge in [0.2, 0.25) is 5.91 Å². The summed E-state index contributed by atoms with van der Waals surface area (Å²) >= 11 is 0. The maximum Gasteiger partial charge on any atom is 0.222 e. The van der Waals surface area contributed by atoms with E-state index in [-0.39, 0.29) is 11.8 Å². The Balaban J connectivity index is 2.95. The van der Waals surface area contributed by atoms with Crippen LogP contribution in [0.3, 0.4) is 0 Å². The van der Waals surface area contributed by atoms with Crippen molar-refractivity contribution in [2.24, 2.45) is 5.73 Å². The second-order valence-electron chi connectivity index (χ2n) is 4.85. The van der Waals surface area contributed by atoms with E-state index in [0.29, 0.717) is 13.0 Å². The molecule has 1 aromatic carbocycles. The van der Waals surface area contributed by atoms with Crippen molar-refractivity contribution >= 4 is 5.91 Å². The van der Waals surface area contributed by atoms with Crippen LogP contribution in [0.1, 0.15) is 30.4 Å². The summed E-state index contributed by atoms with van der Waals surface area (Å²) in [7, 11) is 5.20. The van der Waals surface area contributed by atoms with Gasteiger partial charge in [0.1, 0.15) is 5.75 Å². The molecule has 0 heterocycles. The maximum atomic E-state index is 11.8. The Morgan fingerprint density at radius 2 is 2.11 bits per heavy atom. The normalized spacial score (nSPS) is 12.1. The summed E-state index contributed by atoms with van der Waals surface area (Å²) < 4.78 is 5.32. The largest absolute Gasteiger partial charge is 0.496 e. The number of aryl methyl sites for hydroxylation is 1. The molecule has 1 rings (SSSR count). The highest BCUT2D eigenvalue weighted by molar-refractivity contribution is 5.76. The number of amides is 1. The second-order valence-corrected chi connectivity index (χ2v) is 4.85. The molecule has 0 aliphatic rings. The van der Waals surface area contributed by atoms with E-state index in [1.807, 2.05) is 12.1 Å². The van der Waals surface area contributed by atoms with E-state index in [1.54, 1.807) is 26.1 Å². The lowest BCUT2D eigenvalue weighted by Gasteiger charge is -2.19. The summed E-state index contributed by atoms with van der Waals surface area (Å²) in [6.45, 7) is 2.55. The van der Waals surface area contributed by atoms with Gasteiger partial charge in [0, 0.05) is 26.4 Å². The van der Waals surface area contributed by atoms with Crippen LogP contribution in [0.4, 0.5) is 0 Å². The summed E-state index contributed by atoms with van der Waals surface area (Å²) in [5.74, 6) is 1.05. The number of methoxy groups -OCH3 is 1. The third-order valence-corrected chi connectivity index (χ3v) is 3.36. The van der Waals surface area contributed by atoms with Crippen molar-refractivity contribution in [1.29, 1.82) is 0 Å². The molecule has 4 nitrogen and oxygen atoms in total. The van der Waals surface area contributed by atoms with E-state index in [9.17, 15) is 4.79 Å². The number of rotatable bonds is 6. The number of nitrogens with two attached hydrogens (primary N) is 1. The van der Waals surface area contributed by atoms with Gasteiger partial charge >= 0.3 is 0 Å². The van der Waals surface area contributed by atoms with Gasteiger partial charge in [-0.2, -0.15) is 0 Å². The molecule has 0 fully saturated rings. The smallest absolute Gasteiger partial charge is 0.222 e. The average molecular weight is 264 g/mol. The Morgan fingerprint density at radius 1 is 1.42 bits per heavy atom. The standard InChI is InChI=1S/C15H24N2O2/c1-5-11-8-12(6-7-14(11)19-4)13(10-16)9-15(18)17(2)3/h6-8,13H,5,9-10,16H2,1-4H3. The minimum atomic E-state index is 0.0612. The third-order valence-electron chi connectivity index (χ3n) is 3.36. The van der Waals surface area contributed by atoms with E-state index < -0.39 is 0 Å². The molecular formula is C15H24N2O2. The molecule has 0 aromatic heterocycles. The number of carbonyl (C=O) groups is 1. The molecule has 0 spiro atoms. The number of ether oxygens (including phenoxy) is 1. The molecular weight excluding hydrogens is 240 g/mol. The van der Waals surface area contributed by atoms with Crippen LogP contribution in [0.2, 0.25) is 0 Å². The number of hydrogen-bond acceptors (Lipinski definition) is 3. The molecule has 0 aliphatic heterocycles. The minimum absolute atomic E-state index is 0.0612. The van der Waals surface area contributed by atoms with Gasteiger partial charge in [-0.3, -0.25) is 4.79 Å². The van der Waals surface area contributed by atoms with Crippen LogP contribution in [0, 0.1) is 0 Å². The molecule has 1 atom stereocenters. The molecule has 1 amide bonds. The summed E-state index contributed by atoms with van der Waals surface area (Å²) in [5, 5.41) is 0. The minimum Gasteiger partial charge on any atom is -0.496 e. The van der Waals surface area contributed by atoms with Crippen LogP contribution in [0.25, 0.3) is 0 Å². The molecule has 0 bridgehead atoms.